The number of hydrogen-bond acceptors (Lipinski definition) is 3. The summed E-state index contributed by atoms with van der Waals surface area (Å²) in [5, 5.41) is 3.55. The predicted octanol–water partition coefficient (Wildman–Crippen LogP) is 2.58. The molecule has 1 unspecified atom stereocenters. The molecule has 3 heteroatoms. The van der Waals surface area contributed by atoms with Crippen molar-refractivity contribution in [2.75, 3.05) is 26.7 Å². The van der Waals surface area contributed by atoms with Crippen LogP contribution in [0, 0.1) is 0 Å². The van der Waals surface area contributed by atoms with Crippen LogP contribution in [-0.2, 0) is 0 Å². The fourth-order valence-corrected chi connectivity index (χ4v) is 3.07. The minimum absolute atomic E-state index is 0.392. The highest BCUT2D eigenvalue weighted by Crippen LogP contribution is 2.27. The van der Waals surface area contributed by atoms with Crippen LogP contribution in [0.5, 0.6) is 5.75 Å². The molecule has 104 valence electrons. The third-order valence-corrected chi connectivity index (χ3v) is 4.29. The largest absolute Gasteiger partial charge is 0.490 e. The van der Waals surface area contributed by atoms with Crippen LogP contribution in [0.3, 0.4) is 0 Å². The van der Waals surface area contributed by atoms with E-state index in [0.717, 1.165) is 38.2 Å². The van der Waals surface area contributed by atoms with E-state index in [2.05, 4.69) is 41.5 Å². The molecule has 1 aromatic rings. The van der Waals surface area contributed by atoms with Gasteiger partial charge in [-0.1, -0.05) is 12.1 Å². The Kier molecular flexibility index (Phi) is 4.04. The maximum atomic E-state index is 6.15. The summed E-state index contributed by atoms with van der Waals surface area (Å²) >= 11 is 0. The summed E-state index contributed by atoms with van der Waals surface area (Å²) in [5.41, 5.74) is 1.38. The second-order valence-electron chi connectivity index (χ2n) is 5.84. The SMILES string of the molecule is CN1CCC(Oc2cccc(C3CCCN3)c2)CC1. The summed E-state index contributed by atoms with van der Waals surface area (Å²) in [6.45, 7) is 3.44. The first-order valence-electron chi connectivity index (χ1n) is 7.50. The molecule has 2 aliphatic rings. The van der Waals surface area contributed by atoms with Gasteiger partial charge in [0.2, 0.25) is 0 Å². The molecule has 2 fully saturated rings. The minimum Gasteiger partial charge on any atom is -0.490 e. The van der Waals surface area contributed by atoms with E-state index < -0.39 is 0 Å². The highest BCUT2D eigenvalue weighted by molar-refractivity contribution is 5.31. The van der Waals surface area contributed by atoms with Gasteiger partial charge in [0.15, 0.2) is 0 Å². The Morgan fingerprint density at radius 3 is 2.79 bits per heavy atom. The Morgan fingerprint density at radius 2 is 2.05 bits per heavy atom. The van der Waals surface area contributed by atoms with E-state index in [0.29, 0.717) is 12.1 Å². The van der Waals surface area contributed by atoms with E-state index >= 15 is 0 Å². The Morgan fingerprint density at radius 1 is 1.21 bits per heavy atom. The van der Waals surface area contributed by atoms with Gasteiger partial charge in [0.25, 0.3) is 0 Å². The molecule has 0 bridgehead atoms. The standard InChI is InChI=1S/C16H24N2O/c1-18-10-7-14(8-11-18)19-15-5-2-4-13(12-15)16-6-3-9-17-16/h2,4-5,12,14,16-17H,3,6-11H2,1H3. The van der Waals surface area contributed by atoms with Crippen LogP contribution in [0.4, 0.5) is 0 Å². The molecule has 1 atom stereocenters. The third kappa shape index (κ3) is 3.28. The lowest BCUT2D eigenvalue weighted by Crippen LogP contribution is -2.35. The Bertz CT molecular complexity index is 407. The zero-order valence-corrected chi connectivity index (χ0v) is 11.8. The van der Waals surface area contributed by atoms with Gasteiger partial charge in [0.1, 0.15) is 11.9 Å². The molecule has 0 aliphatic carbocycles. The molecule has 19 heavy (non-hydrogen) atoms. The maximum Gasteiger partial charge on any atom is 0.120 e. The molecule has 1 N–H and O–H groups in total. The number of rotatable bonds is 3. The topological polar surface area (TPSA) is 24.5 Å². The number of hydrogen-bond donors (Lipinski definition) is 1. The zero-order valence-electron chi connectivity index (χ0n) is 11.8. The zero-order chi connectivity index (χ0) is 13.1. The molecule has 3 rings (SSSR count). The van der Waals surface area contributed by atoms with Crippen molar-refractivity contribution in [1.29, 1.82) is 0 Å². The number of ether oxygens (including phenoxy) is 1. The van der Waals surface area contributed by atoms with Crippen molar-refractivity contribution in [2.45, 2.75) is 37.8 Å². The van der Waals surface area contributed by atoms with Gasteiger partial charge in [-0.3, -0.25) is 0 Å². The first-order chi connectivity index (χ1) is 9.31. The van der Waals surface area contributed by atoms with Crippen molar-refractivity contribution >= 4 is 0 Å². The van der Waals surface area contributed by atoms with Gasteiger partial charge in [0, 0.05) is 19.1 Å². The Labute approximate surface area is 115 Å². The average Bonchev–Trinajstić information content (AvgIpc) is 2.96. The van der Waals surface area contributed by atoms with Crippen LogP contribution < -0.4 is 10.1 Å². The molecule has 0 amide bonds. The quantitative estimate of drug-likeness (QED) is 0.904. The summed E-state index contributed by atoms with van der Waals surface area (Å²) in [5.74, 6) is 1.04. The van der Waals surface area contributed by atoms with Gasteiger partial charge in [-0.2, -0.15) is 0 Å². The molecule has 0 spiro atoms. The van der Waals surface area contributed by atoms with Crippen molar-refractivity contribution in [3.8, 4) is 5.75 Å². The predicted molar refractivity (Wildman–Crippen MR) is 77.6 cm³/mol. The van der Waals surface area contributed by atoms with E-state index in [9.17, 15) is 0 Å². The first kappa shape index (κ1) is 12.9. The van der Waals surface area contributed by atoms with Crippen molar-refractivity contribution in [1.82, 2.24) is 10.2 Å². The highest BCUT2D eigenvalue weighted by atomic mass is 16.5. The fraction of sp³-hybridized carbons (Fsp3) is 0.625. The van der Waals surface area contributed by atoms with Crippen molar-refractivity contribution in [3.63, 3.8) is 0 Å². The molecule has 2 aliphatic heterocycles. The number of benzene rings is 1. The molecule has 2 saturated heterocycles. The molecule has 0 aromatic heterocycles. The smallest absolute Gasteiger partial charge is 0.120 e. The van der Waals surface area contributed by atoms with Crippen LogP contribution in [0.15, 0.2) is 24.3 Å². The van der Waals surface area contributed by atoms with Crippen LogP contribution >= 0.6 is 0 Å². The monoisotopic (exact) mass is 260 g/mol. The normalized spacial score (nSPS) is 25.6. The lowest BCUT2D eigenvalue weighted by atomic mass is 10.0. The van der Waals surface area contributed by atoms with Crippen LogP contribution in [-0.4, -0.2) is 37.7 Å². The van der Waals surface area contributed by atoms with E-state index in [1.54, 1.807) is 0 Å². The maximum absolute atomic E-state index is 6.15. The summed E-state index contributed by atoms with van der Waals surface area (Å²) < 4.78 is 6.15. The first-order valence-corrected chi connectivity index (χ1v) is 7.50. The van der Waals surface area contributed by atoms with Crippen LogP contribution in [0.2, 0.25) is 0 Å². The molecule has 2 heterocycles. The van der Waals surface area contributed by atoms with Gasteiger partial charge in [-0.25, -0.2) is 0 Å². The summed E-state index contributed by atoms with van der Waals surface area (Å²) in [7, 11) is 2.18. The van der Waals surface area contributed by atoms with Crippen molar-refractivity contribution in [3.05, 3.63) is 29.8 Å². The Balaban J connectivity index is 1.62. The Hall–Kier alpha value is -1.06. The number of piperidine rings is 1. The van der Waals surface area contributed by atoms with E-state index in [1.165, 1.54) is 18.4 Å². The summed E-state index contributed by atoms with van der Waals surface area (Å²) in [4.78, 5) is 2.37. The minimum atomic E-state index is 0.392. The van der Waals surface area contributed by atoms with Crippen molar-refractivity contribution in [2.24, 2.45) is 0 Å². The fourth-order valence-electron chi connectivity index (χ4n) is 3.07. The lowest BCUT2D eigenvalue weighted by molar-refractivity contribution is 0.114. The van der Waals surface area contributed by atoms with Gasteiger partial charge in [0.05, 0.1) is 0 Å². The number of nitrogens with one attached hydrogen (secondary N) is 1. The van der Waals surface area contributed by atoms with Crippen molar-refractivity contribution < 1.29 is 4.74 Å². The molecule has 3 nitrogen and oxygen atoms in total. The number of nitrogens with zero attached hydrogens (tertiary/aromatic N) is 1. The average molecular weight is 260 g/mol. The van der Waals surface area contributed by atoms with Gasteiger partial charge in [-0.05, 0) is 57.0 Å². The molecule has 0 saturated carbocycles. The van der Waals surface area contributed by atoms with Gasteiger partial charge < -0.3 is 15.0 Å². The van der Waals surface area contributed by atoms with Crippen LogP contribution in [0.1, 0.15) is 37.3 Å². The lowest BCUT2D eigenvalue weighted by Gasteiger charge is -2.29. The highest BCUT2D eigenvalue weighted by Gasteiger charge is 2.19. The van der Waals surface area contributed by atoms with E-state index in [4.69, 9.17) is 4.74 Å². The summed E-state index contributed by atoms with van der Waals surface area (Å²) in [6.07, 6.45) is 5.20. The van der Waals surface area contributed by atoms with Crippen LogP contribution in [0.25, 0.3) is 0 Å². The third-order valence-electron chi connectivity index (χ3n) is 4.29. The van der Waals surface area contributed by atoms with Gasteiger partial charge >= 0.3 is 0 Å². The van der Waals surface area contributed by atoms with E-state index in [1.807, 2.05) is 0 Å². The summed E-state index contributed by atoms with van der Waals surface area (Å²) in [6, 6.07) is 9.18. The molecular weight excluding hydrogens is 236 g/mol. The molecule has 0 radical (unpaired) electrons. The van der Waals surface area contributed by atoms with Gasteiger partial charge in [-0.15, -0.1) is 0 Å². The molecule has 1 aromatic carbocycles. The second-order valence-corrected chi connectivity index (χ2v) is 5.84. The molecular formula is C16H24N2O. The second kappa shape index (κ2) is 5.93. The van der Waals surface area contributed by atoms with E-state index in [-0.39, 0.29) is 0 Å². The number of likely N-dealkylation sites (tertiary alicyclic amines) is 1.